The van der Waals surface area contributed by atoms with E-state index < -0.39 is 12.1 Å². The summed E-state index contributed by atoms with van der Waals surface area (Å²) >= 11 is 0. The summed E-state index contributed by atoms with van der Waals surface area (Å²) in [5.74, 6) is 1.82. The number of likely N-dealkylation sites (tertiary alicyclic amines) is 1. The van der Waals surface area contributed by atoms with Crippen LogP contribution in [0.25, 0.3) is 10.9 Å². The fourth-order valence-corrected chi connectivity index (χ4v) is 5.24. The van der Waals surface area contributed by atoms with Gasteiger partial charge in [-0.15, -0.1) is 0 Å². The van der Waals surface area contributed by atoms with Crippen LogP contribution in [0.1, 0.15) is 63.0 Å². The summed E-state index contributed by atoms with van der Waals surface area (Å²) in [4.78, 5) is 18.2. The van der Waals surface area contributed by atoms with Crippen LogP contribution in [0.2, 0.25) is 0 Å². The lowest BCUT2D eigenvalue weighted by Gasteiger charge is -2.39. The van der Waals surface area contributed by atoms with Gasteiger partial charge in [-0.2, -0.15) is 0 Å². The zero-order valence-corrected chi connectivity index (χ0v) is 19.1. The first-order valence-electron chi connectivity index (χ1n) is 12.1. The number of carboxylic acids is 1. The van der Waals surface area contributed by atoms with Crippen molar-refractivity contribution in [1.29, 1.82) is 0 Å². The molecule has 2 unspecified atom stereocenters. The molecule has 2 aliphatic rings. The highest BCUT2D eigenvalue weighted by atomic mass is 16.5. The Labute approximate surface area is 190 Å². The predicted molar refractivity (Wildman–Crippen MR) is 125 cm³/mol. The number of piperidine rings is 1. The Kier molecular flexibility index (Phi) is 7.63. The van der Waals surface area contributed by atoms with E-state index in [4.69, 9.17) is 4.74 Å². The molecule has 4 rings (SSSR count). The number of aliphatic carboxylic acids is 1. The van der Waals surface area contributed by atoms with Crippen molar-refractivity contribution in [3.05, 3.63) is 36.0 Å². The topological polar surface area (TPSA) is 82.9 Å². The molecule has 2 heterocycles. The lowest BCUT2D eigenvalue weighted by atomic mass is 9.79. The fourth-order valence-electron chi connectivity index (χ4n) is 5.24. The van der Waals surface area contributed by atoms with E-state index in [-0.39, 0.29) is 6.42 Å². The van der Waals surface area contributed by atoms with Crippen LogP contribution in [-0.4, -0.2) is 52.8 Å². The third kappa shape index (κ3) is 5.99. The van der Waals surface area contributed by atoms with E-state index in [1.807, 2.05) is 24.3 Å². The zero-order valence-electron chi connectivity index (χ0n) is 19.1. The summed E-state index contributed by atoms with van der Waals surface area (Å²) in [6.07, 6.45) is 8.86. The number of benzene rings is 1. The Bertz CT molecular complexity index is 914. The molecule has 0 bridgehead atoms. The van der Waals surface area contributed by atoms with Gasteiger partial charge in [-0.1, -0.05) is 12.8 Å². The molecule has 32 heavy (non-hydrogen) atoms. The number of ether oxygens (including phenoxy) is 1. The smallest absolute Gasteiger partial charge is 0.303 e. The zero-order chi connectivity index (χ0) is 22.5. The first-order chi connectivity index (χ1) is 15.5. The maximum Gasteiger partial charge on any atom is 0.303 e. The summed E-state index contributed by atoms with van der Waals surface area (Å²) in [5.41, 5.74) is 1.74. The number of aromatic nitrogens is 1. The third-order valence-electron chi connectivity index (χ3n) is 7.41. The predicted octanol–water partition coefficient (Wildman–Crippen LogP) is 4.66. The van der Waals surface area contributed by atoms with Gasteiger partial charge >= 0.3 is 5.97 Å². The normalized spacial score (nSPS) is 22.7. The minimum Gasteiger partial charge on any atom is -0.497 e. The van der Waals surface area contributed by atoms with Gasteiger partial charge in [0.15, 0.2) is 0 Å². The van der Waals surface area contributed by atoms with E-state index in [2.05, 4.69) is 9.88 Å². The van der Waals surface area contributed by atoms with E-state index in [0.29, 0.717) is 18.3 Å². The first-order valence-corrected chi connectivity index (χ1v) is 12.1. The maximum atomic E-state index is 11.2. The van der Waals surface area contributed by atoms with Crippen molar-refractivity contribution >= 4 is 16.9 Å². The molecule has 6 nitrogen and oxygen atoms in total. The number of methoxy groups -OCH3 is 1. The van der Waals surface area contributed by atoms with Gasteiger partial charge in [-0.25, -0.2) is 0 Å². The number of aliphatic hydroxyl groups is 1. The molecule has 6 heteroatoms. The summed E-state index contributed by atoms with van der Waals surface area (Å²) < 4.78 is 5.36. The van der Waals surface area contributed by atoms with E-state index >= 15 is 0 Å². The van der Waals surface area contributed by atoms with Crippen molar-refractivity contribution in [2.75, 3.05) is 26.7 Å². The SMILES string of the molecule is COc1ccc2nccc([C@@H](O)CCC3CCN(CCC4CC4)CC3CCC(=O)O)c2c1. The average Bonchev–Trinajstić information content (AvgIpc) is 3.64. The Morgan fingerprint density at radius 1 is 1.19 bits per heavy atom. The minimum atomic E-state index is -0.712. The molecule has 1 aliphatic carbocycles. The van der Waals surface area contributed by atoms with Gasteiger partial charge < -0.3 is 19.8 Å². The second-order valence-corrected chi connectivity index (χ2v) is 9.65. The molecular formula is C26H36N2O4. The Balaban J connectivity index is 1.39. The molecule has 3 atom stereocenters. The number of aliphatic hydroxyl groups excluding tert-OH is 1. The van der Waals surface area contributed by atoms with E-state index in [9.17, 15) is 15.0 Å². The third-order valence-corrected chi connectivity index (χ3v) is 7.41. The number of pyridine rings is 1. The lowest BCUT2D eigenvalue weighted by molar-refractivity contribution is -0.137. The molecule has 2 N–H and O–H groups in total. The van der Waals surface area contributed by atoms with Crippen LogP contribution >= 0.6 is 0 Å². The largest absolute Gasteiger partial charge is 0.497 e. The summed E-state index contributed by atoms with van der Waals surface area (Å²) in [6.45, 7) is 3.23. The Morgan fingerprint density at radius 2 is 2.03 bits per heavy atom. The van der Waals surface area contributed by atoms with Gasteiger partial charge in [0.25, 0.3) is 0 Å². The van der Waals surface area contributed by atoms with Gasteiger partial charge in [0.05, 0.1) is 18.7 Å². The van der Waals surface area contributed by atoms with Gasteiger partial charge in [0, 0.05) is 24.5 Å². The summed E-state index contributed by atoms with van der Waals surface area (Å²) in [5, 5.41) is 21.2. The van der Waals surface area contributed by atoms with E-state index in [1.165, 1.54) is 19.3 Å². The first kappa shape index (κ1) is 23.0. The van der Waals surface area contributed by atoms with Crippen molar-refractivity contribution in [2.45, 2.75) is 57.5 Å². The summed E-state index contributed by atoms with van der Waals surface area (Å²) in [6, 6.07) is 7.64. The molecule has 1 aromatic carbocycles. The number of fused-ring (bicyclic) bond motifs is 1. The fraction of sp³-hybridized carbons (Fsp3) is 0.615. The molecule has 1 aromatic heterocycles. The second-order valence-electron chi connectivity index (χ2n) is 9.65. The van der Waals surface area contributed by atoms with Crippen molar-refractivity contribution in [3.63, 3.8) is 0 Å². The number of hydrogen-bond donors (Lipinski definition) is 2. The highest BCUT2D eigenvalue weighted by Gasteiger charge is 2.31. The lowest BCUT2D eigenvalue weighted by Crippen LogP contribution is -2.41. The molecule has 1 aliphatic heterocycles. The van der Waals surface area contributed by atoms with Crippen molar-refractivity contribution < 1.29 is 19.7 Å². The van der Waals surface area contributed by atoms with Gasteiger partial charge in [0.2, 0.25) is 0 Å². The van der Waals surface area contributed by atoms with Crippen LogP contribution in [0, 0.1) is 17.8 Å². The van der Waals surface area contributed by atoms with Crippen LogP contribution in [0.5, 0.6) is 5.75 Å². The standard InChI is InChI=1S/C26H36N2O4/c1-32-21-6-7-24-23(16-21)22(10-13-27-24)25(29)8-4-19-12-15-28(14-11-18-2-3-18)17-20(19)5-9-26(30)31/h6-7,10,13,16,18-20,25,29H,2-5,8-9,11-12,14-15,17H2,1H3,(H,30,31)/t19?,20?,25-/m0/s1. The Hall–Kier alpha value is -2.18. The number of carboxylic acid groups (broad SMARTS) is 1. The molecule has 2 aromatic rings. The van der Waals surface area contributed by atoms with Crippen LogP contribution in [-0.2, 0) is 4.79 Å². The quantitative estimate of drug-likeness (QED) is 0.529. The van der Waals surface area contributed by atoms with Gasteiger partial charge in [-0.3, -0.25) is 9.78 Å². The summed E-state index contributed by atoms with van der Waals surface area (Å²) in [7, 11) is 1.64. The maximum absolute atomic E-state index is 11.2. The molecule has 1 saturated carbocycles. The van der Waals surface area contributed by atoms with E-state index in [0.717, 1.165) is 67.0 Å². The molecule has 0 spiro atoms. The van der Waals surface area contributed by atoms with Crippen LogP contribution in [0.4, 0.5) is 0 Å². The van der Waals surface area contributed by atoms with Crippen LogP contribution in [0.3, 0.4) is 0 Å². The van der Waals surface area contributed by atoms with Crippen molar-refractivity contribution in [1.82, 2.24) is 9.88 Å². The number of carbonyl (C=O) groups is 1. The van der Waals surface area contributed by atoms with Crippen molar-refractivity contribution in [3.8, 4) is 5.75 Å². The van der Waals surface area contributed by atoms with Crippen LogP contribution < -0.4 is 4.74 Å². The monoisotopic (exact) mass is 440 g/mol. The molecule has 0 amide bonds. The molecule has 1 saturated heterocycles. The second kappa shape index (κ2) is 10.6. The van der Waals surface area contributed by atoms with Crippen molar-refractivity contribution in [2.24, 2.45) is 17.8 Å². The van der Waals surface area contributed by atoms with Gasteiger partial charge in [0.1, 0.15) is 5.75 Å². The highest BCUT2D eigenvalue weighted by molar-refractivity contribution is 5.83. The molecule has 2 fully saturated rings. The molecule has 174 valence electrons. The minimum absolute atomic E-state index is 0.231. The molecular weight excluding hydrogens is 404 g/mol. The van der Waals surface area contributed by atoms with Crippen LogP contribution in [0.15, 0.2) is 30.5 Å². The number of nitrogens with zero attached hydrogens (tertiary/aromatic N) is 2. The Morgan fingerprint density at radius 3 is 2.78 bits per heavy atom. The molecule has 0 radical (unpaired) electrons. The number of hydrogen-bond acceptors (Lipinski definition) is 5. The van der Waals surface area contributed by atoms with E-state index in [1.54, 1.807) is 13.3 Å². The van der Waals surface area contributed by atoms with Gasteiger partial charge in [-0.05, 0) is 92.8 Å². The highest BCUT2D eigenvalue weighted by Crippen LogP contribution is 2.37. The number of rotatable bonds is 11. The average molecular weight is 441 g/mol.